The maximum Gasteiger partial charge on any atom is 0.107 e. The number of hydrogen-bond donors (Lipinski definition) is 1. The van der Waals surface area contributed by atoms with Gasteiger partial charge in [-0.1, -0.05) is 11.6 Å². The third-order valence-electron chi connectivity index (χ3n) is 2.08. The van der Waals surface area contributed by atoms with E-state index in [0.29, 0.717) is 0 Å². The van der Waals surface area contributed by atoms with E-state index in [1.165, 1.54) is 10.4 Å². The van der Waals surface area contributed by atoms with Crippen molar-refractivity contribution >= 4 is 38.9 Å². The van der Waals surface area contributed by atoms with Crippen molar-refractivity contribution in [3.05, 3.63) is 37.7 Å². The zero-order valence-electron chi connectivity index (χ0n) is 8.70. The van der Waals surface area contributed by atoms with Gasteiger partial charge in [-0.15, -0.1) is 11.3 Å². The van der Waals surface area contributed by atoms with Crippen LogP contribution in [0.4, 0.5) is 0 Å². The van der Waals surface area contributed by atoms with Gasteiger partial charge >= 0.3 is 0 Å². The summed E-state index contributed by atoms with van der Waals surface area (Å²) in [5.74, 6) is 0. The molecule has 0 unspecified atom stereocenters. The summed E-state index contributed by atoms with van der Waals surface area (Å²) in [4.78, 5) is 1.22. The zero-order valence-corrected chi connectivity index (χ0v) is 11.9. The first-order valence-electron chi connectivity index (χ1n) is 4.77. The van der Waals surface area contributed by atoms with Gasteiger partial charge in [0.2, 0.25) is 0 Å². The van der Waals surface area contributed by atoms with Crippen LogP contribution in [0.2, 0.25) is 4.34 Å². The van der Waals surface area contributed by atoms with Gasteiger partial charge in [0.15, 0.2) is 0 Å². The van der Waals surface area contributed by atoms with E-state index < -0.39 is 0 Å². The lowest BCUT2D eigenvalue weighted by molar-refractivity contribution is 0.699. The van der Waals surface area contributed by atoms with Gasteiger partial charge in [0.05, 0.1) is 6.20 Å². The summed E-state index contributed by atoms with van der Waals surface area (Å²) in [6.07, 6.45) is 3.87. The van der Waals surface area contributed by atoms with Crippen LogP contribution in [0.5, 0.6) is 0 Å². The summed E-state index contributed by atoms with van der Waals surface area (Å²) < 4.78 is 3.57. The molecule has 2 heterocycles. The number of nitrogens with one attached hydrogen (secondary N) is 1. The molecule has 0 aromatic carbocycles. The molecule has 0 aliphatic carbocycles. The van der Waals surface area contributed by atoms with E-state index in [0.717, 1.165) is 21.9 Å². The summed E-state index contributed by atoms with van der Waals surface area (Å²) in [6, 6.07) is 2.04. The van der Waals surface area contributed by atoms with Crippen molar-refractivity contribution in [1.29, 1.82) is 0 Å². The highest BCUT2D eigenvalue weighted by Gasteiger charge is 2.04. The standard InChI is InChI=1S/C10H11BrClN3S/c1-15-6-7(4-14-15)3-13-5-8-2-9(11)10(12)16-8/h2,4,6,13H,3,5H2,1H3. The Kier molecular flexibility index (Phi) is 4.02. The molecule has 86 valence electrons. The van der Waals surface area contributed by atoms with Gasteiger partial charge in [-0.2, -0.15) is 5.10 Å². The monoisotopic (exact) mass is 319 g/mol. The van der Waals surface area contributed by atoms with Gasteiger partial charge in [-0.3, -0.25) is 4.68 Å². The van der Waals surface area contributed by atoms with Crippen molar-refractivity contribution < 1.29 is 0 Å². The highest BCUT2D eigenvalue weighted by atomic mass is 79.9. The lowest BCUT2D eigenvalue weighted by atomic mass is 10.3. The maximum absolute atomic E-state index is 5.96. The Morgan fingerprint density at radius 1 is 1.56 bits per heavy atom. The predicted molar refractivity (Wildman–Crippen MR) is 70.8 cm³/mol. The van der Waals surface area contributed by atoms with Gasteiger partial charge in [0, 0.05) is 41.2 Å². The molecular weight excluding hydrogens is 310 g/mol. The molecule has 1 N–H and O–H groups in total. The van der Waals surface area contributed by atoms with Crippen LogP contribution in [0.1, 0.15) is 10.4 Å². The lowest BCUT2D eigenvalue weighted by Crippen LogP contribution is -2.11. The fraction of sp³-hybridized carbons (Fsp3) is 0.300. The maximum atomic E-state index is 5.96. The third kappa shape index (κ3) is 3.07. The number of hydrogen-bond acceptors (Lipinski definition) is 3. The molecule has 0 radical (unpaired) electrons. The number of aryl methyl sites for hydroxylation is 1. The minimum absolute atomic E-state index is 0.804. The molecule has 3 nitrogen and oxygen atoms in total. The minimum Gasteiger partial charge on any atom is -0.308 e. The van der Waals surface area contributed by atoms with E-state index in [1.807, 2.05) is 25.5 Å². The second-order valence-electron chi connectivity index (χ2n) is 3.46. The van der Waals surface area contributed by atoms with E-state index in [4.69, 9.17) is 11.6 Å². The highest BCUT2D eigenvalue weighted by molar-refractivity contribution is 9.10. The van der Waals surface area contributed by atoms with Crippen LogP contribution in [0.3, 0.4) is 0 Å². The van der Waals surface area contributed by atoms with Crippen LogP contribution in [0.15, 0.2) is 22.9 Å². The van der Waals surface area contributed by atoms with Gasteiger partial charge in [-0.05, 0) is 22.0 Å². The minimum atomic E-state index is 0.804. The normalized spacial score (nSPS) is 10.9. The van der Waals surface area contributed by atoms with Crippen LogP contribution >= 0.6 is 38.9 Å². The molecule has 0 amide bonds. The van der Waals surface area contributed by atoms with Crippen LogP contribution < -0.4 is 5.32 Å². The van der Waals surface area contributed by atoms with E-state index in [-0.39, 0.29) is 0 Å². The van der Waals surface area contributed by atoms with Crippen LogP contribution in [0.25, 0.3) is 0 Å². The van der Waals surface area contributed by atoms with Crippen molar-refractivity contribution in [3.63, 3.8) is 0 Å². The molecule has 0 fully saturated rings. The molecule has 6 heteroatoms. The number of nitrogens with zero attached hydrogens (tertiary/aromatic N) is 2. The molecule has 16 heavy (non-hydrogen) atoms. The van der Waals surface area contributed by atoms with Crippen LogP contribution in [-0.2, 0) is 20.1 Å². The molecule has 0 saturated carbocycles. The summed E-state index contributed by atoms with van der Waals surface area (Å²) in [5.41, 5.74) is 1.18. The highest BCUT2D eigenvalue weighted by Crippen LogP contribution is 2.31. The SMILES string of the molecule is Cn1cc(CNCc2cc(Br)c(Cl)s2)cn1. The first-order chi connectivity index (χ1) is 7.65. The average molecular weight is 321 g/mol. The molecule has 0 bridgehead atoms. The van der Waals surface area contributed by atoms with Gasteiger partial charge in [0.25, 0.3) is 0 Å². The lowest BCUT2D eigenvalue weighted by Gasteiger charge is -1.99. The molecule has 2 rings (SSSR count). The second-order valence-corrected chi connectivity index (χ2v) is 6.05. The van der Waals surface area contributed by atoms with Crippen LogP contribution in [0, 0.1) is 0 Å². The molecule has 0 atom stereocenters. The zero-order chi connectivity index (χ0) is 11.5. The van der Waals surface area contributed by atoms with Crippen LogP contribution in [-0.4, -0.2) is 9.78 Å². The van der Waals surface area contributed by atoms with Gasteiger partial charge in [0.1, 0.15) is 4.34 Å². The molecule has 0 aliphatic rings. The average Bonchev–Trinajstić information content (AvgIpc) is 2.75. The fourth-order valence-corrected chi connectivity index (χ4v) is 3.13. The van der Waals surface area contributed by atoms with Crippen molar-refractivity contribution in [2.24, 2.45) is 7.05 Å². The molecule has 0 aliphatic heterocycles. The Morgan fingerprint density at radius 3 is 2.94 bits per heavy atom. The van der Waals surface area contributed by atoms with E-state index >= 15 is 0 Å². The number of aromatic nitrogens is 2. The van der Waals surface area contributed by atoms with Gasteiger partial charge in [-0.25, -0.2) is 0 Å². The Morgan fingerprint density at radius 2 is 2.38 bits per heavy atom. The smallest absolute Gasteiger partial charge is 0.107 e. The fourth-order valence-electron chi connectivity index (χ4n) is 1.37. The Labute approximate surface area is 112 Å². The molecule has 0 saturated heterocycles. The van der Waals surface area contributed by atoms with E-state index in [9.17, 15) is 0 Å². The molecule has 2 aromatic rings. The summed E-state index contributed by atoms with van der Waals surface area (Å²) >= 11 is 10.9. The summed E-state index contributed by atoms with van der Waals surface area (Å²) in [7, 11) is 1.92. The number of halogens is 2. The second kappa shape index (κ2) is 5.31. The first-order valence-corrected chi connectivity index (χ1v) is 6.76. The first kappa shape index (κ1) is 12.1. The quantitative estimate of drug-likeness (QED) is 0.937. The molecule has 0 spiro atoms. The Hall–Kier alpha value is -0.360. The Bertz CT molecular complexity index is 461. The number of rotatable bonds is 4. The Balaban J connectivity index is 1.84. The van der Waals surface area contributed by atoms with E-state index in [2.05, 4.69) is 26.3 Å². The predicted octanol–water partition coefficient (Wildman–Crippen LogP) is 3.19. The number of thiophene rings is 1. The summed E-state index contributed by atoms with van der Waals surface area (Å²) in [5, 5.41) is 7.46. The van der Waals surface area contributed by atoms with E-state index in [1.54, 1.807) is 16.0 Å². The third-order valence-corrected chi connectivity index (χ3v) is 4.56. The largest absolute Gasteiger partial charge is 0.308 e. The molecular formula is C10H11BrClN3S. The van der Waals surface area contributed by atoms with Crippen molar-refractivity contribution in [2.45, 2.75) is 13.1 Å². The van der Waals surface area contributed by atoms with Crippen molar-refractivity contribution in [3.8, 4) is 0 Å². The topological polar surface area (TPSA) is 29.9 Å². The van der Waals surface area contributed by atoms with Crippen molar-refractivity contribution in [2.75, 3.05) is 0 Å². The van der Waals surface area contributed by atoms with Crippen molar-refractivity contribution in [1.82, 2.24) is 15.1 Å². The molecule has 2 aromatic heterocycles. The summed E-state index contributed by atoms with van der Waals surface area (Å²) in [6.45, 7) is 1.64. The van der Waals surface area contributed by atoms with Gasteiger partial charge < -0.3 is 5.32 Å².